The second-order valence-electron chi connectivity index (χ2n) is 13.2. The first-order valence-corrected chi connectivity index (χ1v) is 17.7. The lowest BCUT2D eigenvalue weighted by molar-refractivity contribution is 1.30. The van der Waals surface area contributed by atoms with Gasteiger partial charge in [0.15, 0.2) is 17.1 Å². The van der Waals surface area contributed by atoms with Crippen molar-refractivity contribution >= 4 is 49.8 Å². The van der Waals surface area contributed by atoms with Gasteiger partial charge in [-0.1, -0.05) is 115 Å². The van der Waals surface area contributed by atoms with Crippen LogP contribution in [-0.2, 0) is 0 Å². The van der Waals surface area contributed by atoms with Crippen LogP contribution in [0.4, 0.5) is 17.1 Å². The molecular formula is C49H25N7. The smallest absolute Gasteiger partial charge is 0.189 e. The van der Waals surface area contributed by atoms with E-state index in [4.69, 9.17) is 34.7 Å². The van der Waals surface area contributed by atoms with Crippen molar-refractivity contribution in [2.24, 2.45) is 0 Å². The van der Waals surface area contributed by atoms with Crippen LogP contribution in [0.15, 0.2) is 152 Å². The number of benzene rings is 7. The molecule has 256 valence electrons. The molecule has 2 aromatic heterocycles. The maximum atomic E-state index is 9.75. The Morgan fingerprint density at radius 3 is 1.71 bits per heavy atom. The van der Waals surface area contributed by atoms with Crippen molar-refractivity contribution in [1.29, 1.82) is 5.26 Å². The summed E-state index contributed by atoms with van der Waals surface area (Å²) in [5.41, 5.74) is 12.0. The highest BCUT2D eigenvalue weighted by Gasteiger charge is 2.22. The maximum absolute atomic E-state index is 9.75. The number of nitriles is 1. The minimum Gasteiger partial charge on any atom is -0.247 e. The van der Waals surface area contributed by atoms with E-state index < -0.39 is 0 Å². The number of rotatable bonds is 5. The van der Waals surface area contributed by atoms with Gasteiger partial charge in [0.2, 0.25) is 0 Å². The van der Waals surface area contributed by atoms with Crippen LogP contribution >= 0.6 is 0 Å². The van der Waals surface area contributed by atoms with Crippen LogP contribution in [0.2, 0.25) is 0 Å². The summed E-state index contributed by atoms with van der Waals surface area (Å²) in [6, 6.07) is 50.6. The Morgan fingerprint density at radius 1 is 0.429 bits per heavy atom. The van der Waals surface area contributed by atoms with Crippen LogP contribution < -0.4 is 0 Å². The predicted molar refractivity (Wildman–Crippen MR) is 223 cm³/mol. The minimum atomic E-state index is 0.393. The normalized spacial score (nSPS) is 10.8. The van der Waals surface area contributed by atoms with Gasteiger partial charge < -0.3 is 0 Å². The van der Waals surface area contributed by atoms with E-state index in [0.29, 0.717) is 50.7 Å². The molecule has 0 amide bonds. The fraction of sp³-hybridized carbons (Fsp3) is 0. The summed E-state index contributed by atoms with van der Waals surface area (Å²) in [5, 5.41) is 12.5. The molecule has 0 N–H and O–H groups in total. The fourth-order valence-electron chi connectivity index (χ4n) is 7.26. The summed E-state index contributed by atoms with van der Waals surface area (Å²) in [6.07, 6.45) is 0. The van der Waals surface area contributed by atoms with Gasteiger partial charge in [-0.15, -0.1) is 0 Å². The highest BCUT2D eigenvalue weighted by Crippen LogP contribution is 2.44. The van der Waals surface area contributed by atoms with Crippen molar-refractivity contribution in [2.45, 2.75) is 0 Å². The van der Waals surface area contributed by atoms with Crippen LogP contribution in [0.5, 0.6) is 0 Å². The van der Waals surface area contributed by atoms with Crippen LogP contribution in [0, 0.1) is 31.0 Å². The summed E-state index contributed by atoms with van der Waals surface area (Å²) in [4.78, 5) is 27.0. The Balaban J connectivity index is 1.43. The molecule has 0 aliphatic carbocycles. The van der Waals surface area contributed by atoms with Gasteiger partial charge in [0.25, 0.3) is 0 Å². The summed E-state index contributed by atoms with van der Waals surface area (Å²) in [5.74, 6) is 0. The number of nitrogens with zero attached hydrogens (tertiary/aromatic N) is 7. The van der Waals surface area contributed by atoms with Crippen molar-refractivity contribution in [3.05, 3.63) is 191 Å². The van der Waals surface area contributed by atoms with Crippen LogP contribution in [0.3, 0.4) is 0 Å². The molecular weight excluding hydrogens is 687 g/mol. The number of pyridine rings is 1. The van der Waals surface area contributed by atoms with Gasteiger partial charge in [0, 0.05) is 27.3 Å². The Bertz CT molecular complexity index is 3180. The van der Waals surface area contributed by atoms with Gasteiger partial charge in [0.1, 0.15) is 0 Å². The summed E-state index contributed by atoms with van der Waals surface area (Å²) < 4.78 is 0. The quantitative estimate of drug-likeness (QED) is 0.132. The van der Waals surface area contributed by atoms with Crippen LogP contribution in [0.25, 0.3) is 103 Å². The SMILES string of the molecule is [C-]#[N+]c1ccc(-c2nc3cc(-c4ccccc4)c4c5ccccc5nc(-c5cccc(-c6cc(C#N)cc([N+]#[C-])c6)c5)c4c3nc2-c2ccc([N+]#[C-])cc2)cc1. The molecule has 2 heterocycles. The topological polar surface area (TPSA) is 75.5 Å². The molecule has 0 aliphatic heterocycles. The molecule has 0 atom stereocenters. The van der Waals surface area contributed by atoms with E-state index in [0.717, 1.165) is 60.6 Å². The predicted octanol–water partition coefficient (Wildman–Crippen LogP) is 13.2. The van der Waals surface area contributed by atoms with Gasteiger partial charge in [-0.05, 0) is 69.8 Å². The highest BCUT2D eigenvalue weighted by molar-refractivity contribution is 6.25. The Hall–Kier alpha value is -8.49. The maximum Gasteiger partial charge on any atom is 0.189 e. The summed E-state index contributed by atoms with van der Waals surface area (Å²) in [7, 11) is 0. The molecule has 0 radical (unpaired) electrons. The molecule has 7 heteroatoms. The molecule has 9 aromatic rings. The van der Waals surface area contributed by atoms with Gasteiger partial charge in [-0.3, -0.25) is 0 Å². The van der Waals surface area contributed by atoms with Crippen LogP contribution in [0.1, 0.15) is 5.56 Å². The van der Waals surface area contributed by atoms with Gasteiger partial charge in [0.05, 0.1) is 59.4 Å². The van der Waals surface area contributed by atoms with Crippen molar-refractivity contribution < 1.29 is 0 Å². The number of hydrogen-bond donors (Lipinski definition) is 0. The third-order valence-electron chi connectivity index (χ3n) is 9.87. The molecule has 0 bridgehead atoms. The first kappa shape index (κ1) is 33.4. The Kier molecular flexibility index (Phi) is 8.23. The van der Waals surface area contributed by atoms with Crippen LogP contribution in [-0.4, -0.2) is 15.0 Å². The monoisotopic (exact) mass is 711 g/mol. The first-order valence-electron chi connectivity index (χ1n) is 17.7. The largest absolute Gasteiger partial charge is 0.247 e. The molecule has 0 aliphatic rings. The zero-order chi connectivity index (χ0) is 38.2. The summed E-state index contributed by atoms with van der Waals surface area (Å²) in [6.45, 7) is 22.7. The molecule has 7 aromatic carbocycles. The molecule has 0 saturated heterocycles. The zero-order valence-electron chi connectivity index (χ0n) is 29.6. The van der Waals surface area contributed by atoms with E-state index in [2.05, 4.69) is 44.9 Å². The number of para-hydroxylation sites is 1. The van der Waals surface area contributed by atoms with E-state index in [1.807, 2.05) is 84.9 Å². The van der Waals surface area contributed by atoms with Crippen molar-refractivity contribution in [1.82, 2.24) is 15.0 Å². The molecule has 0 fully saturated rings. The molecule has 0 unspecified atom stereocenters. The first-order chi connectivity index (χ1) is 27.5. The van der Waals surface area contributed by atoms with Crippen molar-refractivity contribution in [2.75, 3.05) is 0 Å². The lowest BCUT2D eigenvalue weighted by atomic mass is 9.90. The van der Waals surface area contributed by atoms with Gasteiger partial charge in [-0.2, -0.15) is 5.26 Å². The highest BCUT2D eigenvalue weighted by atomic mass is 14.8. The van der Waals surface area contributed by atoms with Gasteiger partial charge >= 0.3 is 0 Å². The summed E-state index contributed by atoms with van der Waals surface area (Å²) >= 11 is 0. The van der Waals surface area contributed by atoms with E-state index in [1.165, 1.54) is 0 Å². The van der Waals surface area contributed by atoms with E-state index >= 15 is 0 Å². The number of fused-ring (bicyclic) bond motifs is 5. The Morgan fingerprint density at radius 2 is 1.04 bits per heavy atom. The molecule has 0 spiro atoms. The van der Waals surface area contributed by atoms with Crippen molar-refractivity contribution in [3.63, 3.8) is 0 Å². The average molecular weight is 712 g/mol. The third-order valence-corrected chi connectivity index (χ3v) is 9.87. The average Bonchev–Trinajstić information content (AvgIpc) is 3.28. The fourth-order valence-corrected chi connectivity index (χ4v) is 7.26. The van der Waals surface area contributed by atoms with Gasteiger partial charge in [-0.25, -0.2) is 29.5 Å². The van der Waals surface area contributed by atoms with E-state index in [-0.39, 0.29) is 0 Å². The number of hydrogen-bond acceptors (Lipinski definition) is 4. The number of aromatic nitrogens is 3. The van der Waals surface area contributed by atoms with E-state index in [9.17, 15) is 5.26 Å². The molecule has 9 rings (SSSR count). The standard InChI is InChI=1S/C49H25N7/c1-51-37-20-16-32(17-21-37)47-48(33-18-22-38(52-2)23-19-33)56-49-43(55-47)28-41(31-10-5-4-6-11-31)44-40-14-7-8-15-42(40)54-46(45(44)49)35-13-9-12-34(26-35)36-24-30(29-50)25-39(27-36)53-3/h4-28H. The lowest BCUT2D eigenvalue weighted by Gasteiger charge is -2.18. The molecule has 7 nitrogen and oxygen atoms in total. The van der Waals surface area contributed by atoms with Crippen molar-refractivity contribution in [3.8, 4) is 62.1 Å². The Labute approximate surface area is 322 Å². The minimum absolute atomic E-state index is 0.393. The second kappa shape index (κ2) is 13.8. The second-order valence-corrected chi connectivity index (χ2v) is 13.2. The molecule has 56 heavy (non-hydrogen) atoms. The third kappa shape index (κ3) is 5.82. The lowest BCUT2D eigenvalue weighted by Crippen LogP contribution is -2.00. The molecule has 0 saturated carbocycles. The zero-order valence-corrected chi connectivity index (χ0v) is 29.6. The van der Waals surface area contributed by atoms with E-state index in [1.54, 1.807) is 42.5 Å².